The van der Waals surface area contributed by atoms with Crippen LogP contribution in [0.2, 0.25) is 5.02 Å². The van der Waals surface area contributed by atoms with Gasteiger partial charge in [-0.2, -0.15) is 0 Å². The van der Waals surface area contributed by atoms with Crippen LogP contribution >= 0.6 is 23.4 Å². The lowest BCUT2D eigenvalue weighted by Crippen LogP contribution is -2.36. The normalized spacial score (nSPS) is 21.6. The maximum absolute atomic E-state index is 6.08. The highest BCUT2D eigenvalue weighted by molar-refractivity contribution is 7.99. The standard InChI is InChI=1S/C12H17ClN2OS/c1-14-11(9-4-6-16-7-9)8-17-12-10(13)3-2-5-15-12/h2-3,5,9,11,14H,4,6-8H2,1H3. The molecule has 2 atom stereocenters. The molecule has 1 aliphatic rings. The lowest BCUT2D eigenvalue weighted by Gasteiger charge is -2.21. The van der Waals surface area contributed by atoms with Crippen molar-refractivity contribution in [1.29, 1.82) is 0 Å². The minimum absolute atomic E-state index is 0.459. The molecule has 0 spiro atoms. The summed E-state index contributed by atoms with van der Waals surface area (Å²) < 4.78 is 5.42. The van der Waals surface area contributed by atoms with E-state index in [-0.39, 0.29) is 0 Å². The van der Waals surface area contributed by atoms with Crippen molar-refractivity contribution < 1.29 is 4.74 Å². The molecule has 0 amide bonds. The fourth-order valence-corrected chi connectivity index (χ4v) is 3.37. The SMILES string of the molecule is CNC(CSc1ncccc1Cl)C1CCOC1. The number of hydrogen-bond donors (Lipinski definition) is 1. The number of pyridine rings is 1. The van der Waals surface area contributed by atoms with Gasteiger partial charge in [0.25, 0.3) is 0 Å². The highest BCUT2D eigenvalue weighted by Crippen LogP contribution is 2.27. The number of hydrogen-bond acceptors (Lipinski definition) is 4. The van der Waals surface area contributed by atoms with Gasteiger partial charge in [-0.3, -0.25) is 0 Å². The number of rotatable bonds is 5. The third-order valence-electron chi connectivity index (χ3n) is 3.03. The summed E-state index contributed by atoms with van der Waals surface area (Å²) in [5, 5.41) is 5.00. The first-order valence-electron chi connectivity index (χ1n) is 5.79. The molecule has 0 saturated carbocycles. The first-order chi connectivity index (χ1) is 8.31. The molecule has 1 saturated heterocycles. The molecular weight excluding hydrogens is 256 g/mol. The number of ether oxygens (including phenoxy) is 1. The van der Waals surface area contributed by atoms with Crippen LogP contribution in [0.5, 0.6) is 0 Å². The van der Waals surface area contributed by atoms with Crippen LogP contribution in [0.4, 0.5) is 0 Å². The van der Waals surface area contributed by atoms with Crippen molar-refractivity contribution in [2.45, 2.75) is 17.5 Å². The number of nitrogens with one attached hydrogen (secondary N) is 1. The Balaban J connectivity index is 1.89. The average molecular weight is 273 g/mol. The Morgan fingerprint density at radius 2 is 2.59 bits per heavy atom. The topological polar surface area (TPSA) is 34.2 Å². The van der Waals surface area contributed by atoms with E-state index in [1.165, 1.54) is 0 Å². The Labute approximate surface area is 111 Å². The van der Waals surface area contributed by atoms with Crippen molar-refractivity contribution in [2.75, 3.05) is 26.0 Å². The van der Waals surface area contributed by atoms with Gasteiger partial charge < -0.3 is 10.1 Å². The zero-order chi connectivity index (χ0) is 12.1. The molecule has 0 aliphatic carbocycles. The monoisotopic (exact) mass is 272 g/mol. The summed E-state index contributed by atoms with van der Waals surface area (Å²) in [5.41, 5.74) is 0. The minimum Gasteiger partial charge on any atom is -0.381 e. The Morgan fingerprint density at radius 3 is 3.24 bits per heavy atom. The van der Waals surface area contributed by atoms with Gasteiger partial charge in [0.2, 0.25) is 0 Å². The Morgan fingerprint density at radius 1 is 1.71 bits per heavy atom. The lowest BCUT2D eigenvalue weighted by molar-refractivity contribution is 0.180. The van der Waals surface area contributed by atoms with Gasteiger partial charge in [-0.25, -0.2) is 4.98 Å². The summed E-state index contributed by atoms with van der Waals surface area (Å²) in [7, 11) is 2.00. The first kappa shape index (κ1) is 13.1. The van der Waals surface area contributed by atoms with Crippen LogP contribution in [-0.4, -0.2) is 37.0 Å². The first-order valence-corrected chi connectivity index (χ1v) is 7.16. The van der Waals surface area contributed by atoms with Gasteiger partial charge in [-0.1, -0.05) is 11.6 Å². The molecule has 1 aliphatic heterocycles. The van der Waals surface area contributed by atoms with Gasteiger partial charge in [0.1, 0.15) is 5.03 Å². The van der Waals surface area contributed by atoms with E-state index in [4.69, 9.17) is 16.3 Å². The number of nitrogens with zero attached hydrogens (tertiary/aromatic N) is 1. The lowest BCUT2D eigenvalue weighted by atomic mass is 10.0. The maximum Gasteiger partial charge on any atom is 0.115 e. The van der Waals surface area contributed by atoms with Crippen molar-refractivity contribution in [3.8, 4) is 0 Å². The summed E-state index contributed by atoms with van der Waals surface area (Å²) in [4.78, 5) is 4.28. The van der Waals surface area contributed by atoms with Crippen molar-refractivity contribution in [3.63, 3.8) is 0 Å². The fourth-order valence-electron chi connectivity index (χ4n) is 1.97. The van der Waals surface area contributed by atoms with E-state index in [1.54, 1.807) is 18.0 Å². The molecule has 2 unspecified atom stereocenters. The summed E-state index contributed by atoms with van der Waals surface area (Å²) in [6, 6.07) is 4.19. The smallest absolute Gasteiger partial charge is 0.115 e. The van der Waals surface area contributed by atoms with E-state index >= 15 is 0 Å². The van der Waals surface area contributed by atoms with E-state index in [0.29, 0.717) is 12.0 Å². The van der Waals surface area contributed by atoms with Gasteiger partial charge in [-0.15, -0.1) is 11.8 Å². The predicted molar refractivity (Wildman–Crippen MR) is 71.7 cm³/mol. The molecular formula is C12H17ClN2OS. The molecule has 2 heterocycles. The summed E-state index contributed by atoms with van der Waals surface area (Å²) in [5.74, 6) is 1.58. The summed E-state index contributed by atoms with van der Waals surface area (Å²) in [6.45, 7) is 1.75. The van der Waals surface area contributed by atoms with Crippen LogP contribution in [0.25, 0.3) is 0 Å². The second-order valence-corrected chi connectivity index (χ2v) is 5.54. The van der Waals surface area contributed by atoms with E-state index in [0.717, 1.165) is 35.4 Å². The molecule has 5 heteroatoms. The predicted octanol–water partition coefficient (Wildman–Crippen LogP) is 2.45. The third kappa shape index (κ3) is 3.58. The number of halogens is 1. The zero-order valence-corrected chi connectivity index (χ0v) is 11.4. The third-order valence-corrected chi connectivity index (χ3v) is 4.57. The van der Waals surface area contributed by atoms with Crippen molar-refractivity contribution >= 4 is 23.4 Å². The molecule has 1 aromatic heterocycles. The highest BCUT2D eigenvalue weighted by Gasteiger charge is 2.24. The highest BCUT2D eigenvalue weighted by atomic mass is 35.5. The molecule has 94 valence electrons. The quantitative estimate of drug-likeness (QED) is 0.835. The molecule has 0 aromatic carbocycles. The number of thioether (sulfide) groups is 1. The second kappa shape index (κ2) is 6.59. The zero-order valence-electron chi connectivity index (χ0n) is 9.86. The molecule has 1 aromatic rings. The molecule has 3 nitrogen and oxygen atoms in total. The van der Waals surface area contributed by atoms with Crippen LogP contribution in [0, 0.1) is 5.92 Å². The van der Waals surface area contributed by atoms with Crippen LogP contribution < -0.4 is 5.32 Å². The molecule has 1 N–H and O–H groups in total. The minimum atomic E-state index is 0.459. The Bertz CT molecular complexity index is 358. The molecule has 0 bridgehead atoms. The van der Waals surface area contributed by atoms with Gasteiger partial charge in [0.05, 0.1) is 11.6 Å². The van der Waals surface area contributed by atoms with Gasteiger partial charge in [-0.05, 0) is 25.6 Å². The average Bonchev–Trinajstić information content (AvgIpc) is 2.86. The van der Waals surface area contributed by atoms with Crippen molar-refractivity contribution in [3.05, 3.63) is 23.4 Å². The van der Waals surface area contributed by atoms with Crippen LogP contribution in [0.3, 0.4) is 0 Å². The van der Waals surface area contributed by atoms with Gasteiger partial charge in [0.15, 0.2) is 0 Å². The van der Waals surface area contributed by atoms with E-state index in [1.807, 2.05) is 19.2 Å². The maximum atomic E-state index is 6.08. The van der Waals surface area contributed by atoms with Crippen LogP contribution in [0.1, 0.15) is 6.42 Å². The molecule has 0 radical (unpaired) electrons. The van der Waals surface area contributed by atoms with E-state index in [2.05, 4.69) is 10.3 Å². The molecule has 1 fully saturated rings. The molecule has 2 rings (SSSR count). The number of aromatic nitrogens is 1. The van der Waals surface area contributed by atoms with Crippen LogP contribution in [-0.2, 0) is 4.74 Å². The molecule has 17 heavy (non-hydrogen) atoms. The Kier molecular flexibility index (Phi) is 5.10. The van der Waals surface area contributed by atoms with Gasteiger partial charge in [0, 0.05) is 30.5 Å². The van der Waals surface area contributed by atoms with Crippen LogP contribution in [0.15, 0.2) is 23.4 Å². The fraction of sp³-hybridized carbons (Fsp3) is 0.583. The summed E-state index contributed by atoms with van der Waals surface area (Å²) in [6.07, 6.45) is 2.92. The van der Waals surface area contributed by atoms with Gasteiger partial charge >= 0.3 is 0 Å². The summed E-state index contributed by atoms with van der Waals surface area (Å²) >= 11 is 7.79. The second-order valence-electron chi connectivity index (χ2n) is 4.12. The van der Waals surface area contributed by atoms with E-state index < -0.39 is 0 Å². The largest absolute Gasteiger partial charge is 0.381 e. The van der Waals surface area contributed by atoms with Crippen molar-refractivity contribution in [1.82, 2.24) is 10.3 Å². The van der Waals surface area contributed by atoms with Crippen molar-refractivity contribution in [2.24, 2.45) is 5.92 Å². The Hall–Kier alpha value is -0.290. The van der Waals surface area contributed by atoms with E-state index in [9.17, 15) is 0 Å².